The zero-order valence-electron chi connectivity index (χ0n) is 7.28. The average Bonchev–Trinajstić information content (AvgIpc) is 2.33. The lowest BCUT2D eigenvalue weighted by Gasteiger charge is -2.10. The second-order valence-electron chi connectivity index (χ2n) is 2.62. The third-order valence-corrected chi connectivity index (χ3v) is 1.52. The van der Waals surface area contributed by atoms with Crippen molar-refractivity contribution >= 4 is 17.8 Å². The third kappa shape index (κ3) is 1.80. The van der Waals surface area contributed by atoms with E-state index in [-0.39, 0.29) is 18.4 Å². The van der Waals surface area contributed by atoms with Crippen molar-refractivity contribution in [1.29, 1.82) is 0 Å². The highest BCUT2D eigenvalue weighted by Crippen LogP contribution is 2.17. The Hall–Kier alpha value is -2.09. The van der Waals surface area contributed by atoms with Gasteiger partial charge in [0.1, 0.15) is 6.42 Å². The smallest absolute Gasteiger partial charge is 0.329 e. The molecular weight excluding hydrogens is 186 g/mol. The van der Waals surface area contributed by atoms with Crippen LogP contribution in [0.25, 0.3) is 0 Å². The molecule has 0 radical (unpaired) electrons. The van der Waals surface area contributed by atoms with E-state index in [1.807, 2.05) is 5.92 Å². The van der Waals surface area contributed by atoms with Crippen LogP contribution in [0, 0.1) is 12.3 Å². The molecule has 1 aliphatic rings. The topological polar surface area (TPSA) is 63.7 Å². The zero-order valence-corrected chi connectivity index (χ0v) is 7.28. The summed E-state index contributed by atoms with van der Waals surface area (Å²) in [5.74, 6) is -0.0800. The molecule has 5 heteroatoms. The van der Waals surface area contributed by atoms with Gasteiger partial charge in [0.05, 0.1) is 6.42 Å². The predicted molar refractivity (Wildman–Crippen MR) is 45.2 cm³/mol. The van der Waals surface area contributed by atoms with Crippen LogP contribution in [0.2, 0.25) is 0 Å². The minimum absolute atomic E-state index is 0.100. The van der Waals surface area contributed by atoms with E-state index in [1.165, 1.54) is 0 Å². The normalized spacial score (nSPS) is 15.6. The molecule has 0 spiro atoms. The number of rotatable bonds is 2. The highest BCUT2D eigenvalue weighted by Gasteiger charge is 2.35. The second-order valence-corrected chi connectivity index (χ2v) is 2.62. The summed E-state index contributed by atoms with van der Waals surface area (Å²) in [6, 6.07) is 0. The van der Waals surface area contributed by atoms with Gasteiger partial charge in [-0.15, -0.1) is 6.42 Å². The molecule has 1 rings (SSSR count). The number of hydrogen-bond acceptors (Lipinski definition) is 4. The fourth-order valence-electron chi connectivity index (χ4n) is 0.897. The zero-order chi connectivity index (χ0) is 10.7. The fourth-order valence-corrected chi connectivity index (χ4v) is 0.897. The lowest BCUT2D eigenvalue weighted by molar-refractivity contribution is -0.196. The quantitative estimate of drug-likeness (QED) is 0.345. The summed E-state index contributed by atoms with van der Waals surface area (Å²) in [7, 11) is 0. The molecular formula is C9H7NO4. The molecule has 1 saturated heterocycles. The van der Waals surface area contributed by atoms with Crippen LogP contribution in [0.15, 0.2) is 12.2 Å². The number of hydrogen-bond donors (Lipinski definition) is 0. The van der Waals surface area contributed by atoms with Gasteiger partial charge in [0.15, 0.2) is 0 Å². The third-order valence-electron chi connectivity index (χ3n) is 1.52. The van der Waals surface area contributed by atoms with Crippen LogP contribution in [-0.2, 0) is 19.2 Å². The SMILES string of the molecule is C#CCC(=O)ON1C(=O)CC(=C)C1=O. The van der Waals surface area contributed by atoms with E-state index >= 15 is 0 Å². The van der Waals surface area contributed by atoms with Crippen molar-refractivity contribution in [2.24, 2.45) is 0 Å². The average molecular weight is 193 g/mol. The van der Waals surface area contributed by atoms with Gasteiger partial charge in [-0.1, -0.05) is 17.6 Å². The largest absolute Gasteiger partial charge is 0.345 e. The molecule has 0 aromatic heterocycles. The summed E-state index contributed by atoms with van der Waals surface area (Å²) in [6.07, 6.45) is 4.43. The van der Waals surface area contributed by atoms with E-state index in [4.69, 9.17) is 6.42 Å². The summed E-state index contributed by atoms with van der Waals surface area (Å²) >= 11 is 0. The van der Waals surface area contributed by atoms with Crippen LogP contribution in [0.1, 0.15) is 12.8 Å². The van der Waals surface area contributed by atoms with Gasteiger partial charge in [0.2, 0.25) is 0 Å². The molecule has 14 heavy (non-hydrogen) atoms. The van der Waals surface area contributed by atoms with Crippen molar-refractivity contribution in [3.05, 3.63) is 12.2 Å². The van der Waals surface area contributed by atoms with E-state index < -0.39 is 17.8 Å². The molecule has 1 heterocycles. The monoisotopic (exact) mass is 193 g/mol. The number of carbonyl (C=O) groups is 3. The Bertz CT molecular complexity index is 363. The molecule has 1 fully saturated rings. The Morgan fingerprint density at radius 2 is 2.29 bits per heavy atom. The minimum Gasteiger partial charge on any atom is -0.329 e. The first-order valence-electron chi connectivity index (χ1n) is 3.75. The fraction of sp³-hybridized carbons (Fsp3) is 0.222. The van der Waals surface area contributed by atoms with Crippen molar-refractivity contribution in [3.8, 4) is 12.3 Å². The molecule has 0 aromatic rings. The Labute approximate surface area is 80.3 Å². The van der Waals surface area contributed by atoms with Crippen LogP contribution in [-0.4, -0.2) is 22.8 Å². The van der Waals surface area contributed by atoms with Gasteiger partial charge in [-0.3, -0.25) is 9.59 Å². The second kappa shape index (κ2) is 3.75. The van der Waals surface area contributed by atoms with Crippen LogP contribution in [0.4, 0.5) is 0 Å². The van der Waals surface area contributed by atoms with Crippen LogP contribution in [0.3, 0.4) is 0 Å². The van der Waals surface area contributed by atoms with Crippen molar-refractivity contribution < 1.29 is 19.2 Å². The molecule has 0 aromatic carbocycles. The number of terminal acetylenes is 1. The van der Waals surface area contributed by atoms with E-state index in [0.29, 0.717) is 5.06 Å². The maximum Gasteiger partial charge on any atom is 0.345 e. The molecule has 2 amide bonds. The maximum atomic E-state index is 11.1. The molecule has 0 unspecified atom stereocenters. The summed E-state index contributed by atoms with van der Waals surface area (Å²) in [6.45, 7) is 3.35. The Morgan fingerprint density at radius 3 is 2.71 bits per heavy atom. The summed E-state index contributed by atoms with van der Waals surface area (Å²) in [5, 5.41) is 0.391. The molecule has 0 aliphatic carbocycles. The highest BCUT2D eigenvalue weighted by atomic mass is 16.7. The van der Waals surface area contributed by atoms with Crippen LogP contribution >= 0.6 is 0 Å². The standard InChI is InChI=1S/C9H7NO4/c1-3-4-8(12)14-10-7(11)5-6(2)9(10)13/h1H,2,4-5H2. The van der Waals surface area contributed by atoms with Gasteiger partial charge in [-0.05, 0) is 0 Å². The first kappa shape index (κ1) is 9.99. The molecule has 5 nitrogen and oxygen atoms in total. The Kier molecular flexibility index (Phi) is 2.67. The van der Waals surface area contributed by atoms with E-state index in [9.17, 15) is 14.4 Å². The van der Waals surface area contributed by atoms with Gasteiger partial charge >= 0.3 is 5.97 Å². The summed E-state index contributed by atoms with van der Waals surface area (Å²) < 4.78 is 0. The summed E-state index contributed by atoms with van der Waals surface area (Å²) in [5.41, 5.74) is 0.100. The van der Waals surface area contributed by atoms with Crippen molar-refractivity contribution in [2.45, 2.75) is 12.8 Å². The van der Waals surface area contributed by atoms with E-state index in [1.54, 1.807) is 0 Å². The van der Waals surface area contributed by atoms with Gasteiger partial charge in [-0.25, -0.2) is 4.79 Å². The van der Waals surface area contributed by atoms with E-state index in [2.05, 4.69) is 11.4 Å². The molecule has 1 aliphatic heterocycles. The predicted octanol–water partition coefficient (Wildman–Crippen LogP) is -0.217. The lowest BCUT2D eigenvalue weighted by atomic mass is 10.3. The van der Waals surface area contributed by atoms with Gasteiger partial charge in [-0.2, -0.15) is 0 Å². The van der Waals surface area contributed by atoms with Crippen molar-refractivity contribution in [3.63, 3.8) is 0 Å². The van der Waals surface area contributed by atoms with Crippen molar-refractivity contribution in [1.82, 2.24) is 5.06 Å². The molecule has 0 atom stereocenters. The number of hydroxylamine groups is 2. The van der Waals surface area contributed by atoms with Gasteiger partial charge < -0.3 is 4.84 Å². The van der Waals surface area contributed by atoms with Crippen LogP contribution in [0.5, 0.6) is 0 Å². The molecule has 0 N–H and O–H groups in total. The highest BCUT2D eigenvalue weighted by molar-refractivity contribution is 6.12. The molecule has 72 valence electrons. The number of imide groups is 1. The van der Waals surface area contributed by atoms with Gasteiger partial charge in [0, 0.05) is 5.57 Å². The first-order valence-corrected chi connectivity index (χ1v) is 3.75. The van der Waals surface area contributed by atoms with Crippen LogP contribution < -0.4 is 0 Å². The summed E-state index contributed by atoms with van der Waals surface area (Å²) in [4.78, 5) is 37.5. The number of carbonyl (C=O) groups excluding carboxylic acids is 3. The molecule has 0 bridgehead atoms. The Balaban J connectivity index is 2.66. The number of nitrogens with zero attached hydrogens (tertiary/aromatic N) is 1. The molecule has 0 saturated carbocycles. The lowest BCUT2D eigenvalue weighted by Crippen LogP contribution is -2.32. The Morgan fingerprint density at radius 1 is 1.64 bits per heavy atom. The first-order chi connectivity index (χ1) is 6.56. The minimum atomic E-state index is -0.816. The number of amides is 2. The van der Waals surface area contributed by atoms with Crippen molar-refractivity contribution in [2.75, 3.05) is 0 Å². The maximum absolute atomic E-state index is 11.1. The van der Waals surface area contributed by atoms with E-state index in [0.717, 1.165) is 0 Å². The van der Waals surface area contributed by atoms with Gasteiger partial charge in [0.25, 0.3) is 11.8 Å².